The molecule has 7 heteroatoms. The summed E-state index contributed by atoms with van der Waals surface area (Å²) in [5, 5.41) is 4.03. The van der Waals surface area contributed by atoms with Crippen LogP contribution in [0.4, 0.5) is 0 Å². The fraction of sp³-hybridized carbons (Fsp3) is 0.250. The van der Waals surface area contributed by atoms with Crippen LogP contribution in [0, 0.1) is 0 Å². The van der Waals surface area contributed by atoms with Gasteiger partial charge in [-0.1, -0.05) is 36.4 Å². The first kappa shape index (κ1) is 20.7. The maximum atomic E-state index is 12.8. The van der Waals surface area contributed by atoms with E-state index in [9.17, 15) is 4.79 Å². The third-order valence-electron chi connectivity index (χ3n) is 5.22. The summed E-state index contributed by atoms with van der Waals surface area (Å²) in [7, 11) is 3.60. The molecule has 0 fully saturated rings. The van der Waals surface area contributed by atoms with Crippen molar-refractivity contribution in [1.82, 2.24) is 19.4 Å². The molecule has 0 unspecified atom stereocenters. The molecule has 1 atom stereocenters. The Kier molecular flexibility index (Phi) is 6.33. The van der Waals surface area contributed by atoms with Gasteiger partial charge in [0, 0.05) is 44.7 Å². The minimum atomic E-state index is -0.358. The summed E-state index contributed by atoms with van der Waals surface area (Å²) in [5.41, 5.74) is 2.01. The van der Waals surface area contributed by atoms with E-state index in [1.165, 1.54) is 0 Å². The fourth-order valence-electron chi connectivity index (χ4n) is 3.65. The number of carbonyl (C=O) groups excluding carboxylic acids is 1. The highest BCUT2D eigenvalue weighted by Gasteiger charge is 2.21. The van der Waals surface area contributed by atoms with E-state index < -0.39 is 0 Å². The summed E-state index contributed by atoms with van der Waals surface area (Å²) in [6.45, 7) is 1.30. The van der Waals surface area contributed by atoms with E-state index in [-0.39, 0.29) is 18.6 Å². The average Bonchev–Trinajstić information content (AvgIpc) is 3.41. The Hall–Kier alpha value is -3.58. The minimum Gasteiger partial charge on any atom is -0.483 e. The molecule has 2 heterocycles. The number of methoxy groups -OCH3 is 1. The topological polar surface area (TPSA) is 70.3 Å². The van der Waals surface area contributed by atoms with Crippen molar-refractivity contribution >= 4 is 16.8 Å². The number of ether oxygens (including phenoxy) is 2. The first-order chi connectivity index (χ1) is 15.2. The fourth-order valence-corrected chi connectivity index (χ4v) is 3.65. The van der Waals surface area contributed by atoms with Crippen molar-refractivity contribution in [3.05, 3.63) is 84.6 Å². The Balaban J connectivity index is 1.48. The smallest absolute Gasteiger partial charge is 0.258 e. The van der Waals surface area contributed by atoms with E-state index in [1.54, 1.807) is 13.3 Å². The lowest BCUT2D eigenvalue weighted by Crippen LogP contribution is -2.34. The van der Waals surface area contributed by atoms with Gasteiger partial charge in [-0.3, -0.25) is 4.79 Å². The zero-order valence-electron chi connectivity index (χ0n) is 17.7. The van der Waals surface area contributed by atoms with Crippen LogP contribution in [0.5, 0.6) is 5.75 Å². The molecule has 0 aliphatic heterocycles. The van der Waals surface area contributed by atoms with Crippen LogP contribution >= 0.6 is 0 Å². The summed E-state index contributed by atoms with van der Waals surface area (Å²) in [5.74, 6) is 1.22. The Bertz CT molecular complexity index is 1150. The van der Waals surface area contributed by atoms with E-state index in [1.807, 2.05) is 78.6 Å². The number of nitrogens with zero attached hydrogens (tertiary/aromatic N) is 3. The highest BCUT2D eigenvalue weighted by molar-refractivity contribution is 5.87. The second kappa shape index (κ2) is 9.49. The minimum absolute atomic E-state index is 0.0872. The molecule has 0 saturated heterocycles. The first-order valence-corrected chi connectivity index (χ1v) is 10.2. The van der Waals surface area contributed by atoms with Gasteiger partial charge in [0.05, 0.1) is 12.1 Å². The van der Waals surface area contributed by atoms with Gasteiger partial charge < -0.3 is 23.9 Å². The van der Waals surface area contributed by atoms with E-state index in [4.69, 9.17) is 9.47 Å². The number of amides is 1. The second-order valence-corrected chi connectivity index (χ2v) is 7.29. The molecule has 4 aromatic rings. The number of rotatable bonds is 9. The molecule has 1 N–H and O–H groups in total. The summed E-state index contributed by atoms with van der Waals surface area (Å²) in [6.07, 6.45) is 5.59. The van der Waals surface area contributed by atoms with Gasteiger partial charge in [-0.25, -0.2) is 4.98 Å². The molecule has 0 spiro atoms. The lowest BCUT2D eigenvalue weighted by atomic mass is 10.1. The van der Waals surface area contributed by atoms with Crippen LogP contribution in [-0.4, -0.2) is 40.3 Å². The molecule has 160 valence electrons. The van der Waals surface area contributed by atoms with Gasteiger partial charge in [0.25, 0.3) is 5.91 Å². The predicted molar refractivity (Wildman–Crippen MR) is 119 cm³/mol. The SMILES string of the molecule is COCCn1ccc2c(OCC(=O)N[C@H](c3ccccc3)c3nccn3C)cccc21. The van der Waals surface area contributed by atoms with E-state index >= 15 is 0 Å². The molecule has 7 nitrogen and oxygen atoms in total. The van der Waals surface area contributed by atoms with Gasteiger partial charge in [-0.2, -0.15) is 0 Å². The third-order valence-corrected chi connectivity index (χ3v) is 5.22. The zero-order valence-corrected chi connectivity index (χ0v) is 17.7. The highest BCUT2D eigenvalue weighted by Crippen LogP contribution is 2.27. The maximum absolute atomic E-state index is 12.8. The van der Waals surface area contributed by atoms with Gasteiger partial charge in [0.1, 0.15) is 17.6 Å². The number of benzene rings is 2. The molecule has 0 bridgehead atoms. The quantitative estimate of drug-likeness (QED) is 0.453. The average molecular weight is 418 g/mol. The van der Waals surface area contributed by atoms with E-state index in [0.29, 0.717) is 12.4 Å². The summed E-state index contributed by atoms with van der Waals surface area (Å²) in [6, 6.07) is 17.3. The summed E-state index contributed by atoms with van der Waals surface area (Å²) < 4.78 is 15.1. The molecular weight excluding hydrogens is 392 g/mol. The third kappa shape index (κ3) is 4.62. The number of aryl methyl sites for hydroxylation is 1. The molecule has 2 aromatic heterocycles. The molecule has 0 saturated carbocycles. The van der Waals surface area contributed by atoms with E-state index in [2.05, 4.69) is 14.9 Å². The van der Waals surface area contributed by atoms with Crippen LogP contribution in [-0.2, 0) is 23.1 Å². The van der Waals surface area contributed by atoms with Gasteiger partial charge in [-0.05, 0) is 23.8 Å². The molecule has 0 radical (unpaired) electrons. The van der Waals surface area contributed by atoms with Crippen LogP contribution in [0.15, 0.2) is 73.2 Å². The van der Waals surface area contributed by atoms with Crippen LogP contribution in [0.25, 0.3) is 10.9 Å². The predicted octanol–water partition coefficient (Wildman–Crippen LogP) is 3.31. The molecule has 1 amide bonds. The molecule has 0 aliphatic carbocycles. The monoisotopic (exact) mass is 418 g/mol. The summed E-state index contributed by atoms with van der Waals surface area (Å²) >= 11 is 0. The number of carbonyl (C=O) groups is 1. The summed E-state index contributed by atoms with van der Waals surface area (Å²) in [4.78, 5) is 17.2. The molecule has 2 aromatic carbocycles. The molecular formula is C24H26N4O3. The Morgan fingerprint density at radius 3 is 2.68 bits per heavy atom. The molecule has 0 aliphatic rings. The number of aromatic nitrogens is 3. The van der Waals surface area contributed by atoms with Crippen LogP contribution in [0.3, 0.4) is 0 Å². The van der Waals surface area contributed by atoms with Crippen molar-refractivity contribution in [2.75, 3.05) is 20.3 Å². The number of hydrogen-bond donors (Lipinski definition) is 1. The van der Waals surface area contributed by atoms with Crippen LogP contribution < -0.4 is 10.1 Å². The first-order valence-electron chi connectivity index (χ1n) is 10.2. The second-order valence-electron chi connectivity index (χ2n) is 7.29. The number of hydrogen-bond acceptors (Lipinski definition) is 4. The number of nitrogens with one attached hydrogen (secondary N) is 1. The zero-order chi connectivity index (χ0) is 21.6. The van der Waals surface area contributed by atoms with Crippen molar-refractivity contribution in [2.24, 2.45) is 7.05 Å². The van der Waals surface area contributed by atoms with Crippen molar-refractivity contribution in [1.29, 1.82) is 0 Å². The Morgan fingerprint density at radius 2 is 1.94 bits per heavy atom. The van der Waals surface area contributed by atoms with Crippen LogP contribution in [0.2, 0.25) is 0 Å². The molecule has 31 heavy (non-hydrogen) atoms. The largest absolute Gasteiger partial charge is 0.483 e. The Morgan fingerprint density at radius 1 is 1.10 bits per heavy atom. The van der Waals surface area contributed by atoms with Gasteiger partial charge in [0.2, 0.25) is 0 Å². The van der Waals surface area contributed by atoms with Gasteiger partial charge in [0.15, 0.2) is 6.61 Å². The van der Waals surface area contributed by atoms with Crippen molar-refractivity contribution in [3.63, 3.8) is 0 Å². The van der Waals surface area contributed by atoms with Crippen LogP contribution in [0.1, 0.15) is 17.4 Å². The van der Waals surface area contributed by atoms with Crippen molar-refractivity contribution < 1.29 is 14.3 Å². The maximum Gasteiger partial charge on any atom is 0.258 e. The lowest BCUT2D eigenvalue weighted by molar-refractivity contribution is -0.123. The normalized spacial score (nSPS) is 12.1. The van der Waals surface area contributed by atoms with Crippen molar-refractivity contribution in [2.45, 2.75) is 12.6 Å². The van der Waals surface area contributed by atoms with Gasteiger partial charge in [-0.15, -0.1) is 0 Å². The standard InChI is InChI=1S/C24H26N4O3/c1-27-14-12-25-24(27)23(18-7-4-3-5-8-18)26-22(29)17-31-21-10-6-9-20-19(21)11-13-28(20)15-16-30-2/h3-14,23H,15-17H2,1-2H3,(H,26,29)/t23-/m1/s1. The van der Waals surface area contributed by atoms with Gasteiger partial charge >= 0.3 is 0 Å². The van der Waals surface area contributed by atoms with Crippen molar-refractivity contribution in [3.8, 4) is 5.75 Å². The van der Waals surface area contributed by atoms with E-state index in [0.717, 1.165) is 28.8 Å². The number of fused-ring (bicyclic) bond motifs is 1. The Labute approximate surface area is 181 Å². The number of imidazole rings is 1. The lowest BCUT2D eigenvalue weighted by Gasteiger charge is -2.19. The molecule has 4 rings (SSSR count). The highest BCUT2D eigenvalue weighted by atomic mass is 16.5.